The number of nitrogens with zero attached hydrogens (tertiary/aromatic N) is 2. The number of aromatic nitrogens is 1. The number of alkyl carbamates (subject to hydrolysis) is 1. The Kier molecular flexibility index (Phi) is 5.17. The molecule has 1 aliphatic heterocycles. The first kappa shape index (κ1) is 18.3. The number of carboxylic acids is 1. The highest BCUT2D eigenvalue weighted by molar-refractivity contribution is 8.14. The second kappa shape index (κ2) is 6.80. The maximum Gasteiger partial charge on any atom is 0.407 e. The van der Waals surface area contributed by atoms with E-state index in [4.69, 9.17) is 4.74 Å². The fourth-order valence-electron chi connectivity index (χ4n) is 1.94. The molecule has 0 bridgehead atoms. The third-order valence-electron chi connectivity index (χ3n) is 3.18. The number of carboxylic acid groups (broad SMARTS) is 1. The van der Waals surface area contributed by atoms with Crippen molar-refractivity contribution in [1.29, 1.82) is 0 Å². The van der Waals surface area contributed by atoms with Crippen LogP contribution < -0.4 is 5.32 Å². The van der Waals surface area contributed by atoms with E-state index in [1.165, 1.54) is 11.8 Å². The Morgan fingerprint density at radius 3 is 2.75 bits per heavy atom. The lowest BCUT2D eigenvalue weighted by Gasteiger charge is -2.19. The van der Waals surface area contributed by atoms with Crippen molar-refractivity contribution >= 4 is 28.9 Å². The van der Waals surface area contributed by atoms with Gasteiger partial charge >= 0.3 is 12.1 Å². The molecule has 2 N–H and O–H groups in total. The first-order valence-electron chi connectivity index (χ1n) is 7.47. The summed E-state index contributed by atoms with van der Waals surface area (Å²) >= 11 is 1.40. The average molecular weight is 351 g/mol. The van der Waals surface area contributed by atoms with E-state index in [0.29, 0.717) is 16.5 Å². The average Bonchev–Trinajstić information content (AvgIpc) is 2.88. The summed E-state index contributed by atoms with van der Waals surface area (Å²) in [6.45, 7) is 7.19. The lowest BCUT2D eigenvalue weighted by Crippen LogP contribution is -2.33. The zero-order valence-electron chi connectivity index (χ0n) is 14.1. The van der Waals surface area contributed by atoms with Crippen LogP contribution in [0.3, 0.4) is 0 Å². The van der Waals surface area contributed by atoms with Crippen LogP contribution in [0.1, 0.15) is 39.0 Å². The largest absolute Gasteiger partial charge is 0.479 e. The second-order valence-corrected chi connectivity index (χ2v) is 7.64. The topological polar surface area (TPSA) is 101 Å². The molecule has 0 aromatic carbocycles. The summed E-state index contributed by atoms with van der Waals surface area (Å²) in [6, 6.07) is 3.56. The molecular weight excluding hydrogens is 330 g/mol. The Bertz CT molecular complexity index is 684. The second-order valence-electron chi connectivity index (χ2n) is 6.68. The molecule has 1 aromatic rings. The zero-order chi connectivity index (χ0) is 18.0. The number of carbonyl (C=O) groups excluding carboxylic acids is 1. The van der Waals surface area contributed by atoms with Gasteiger partial charge in [0.05, 0.1) is 17.3 Å². The maximum absolute atomic E-state index is 11.7. The van der Waals surface area contributed by atoms with Crippen LogP contribution in [-0.2, 0) is 16.1 Å². The van der Waals surface area contributed by atoms with E-state index in [-0.39, 0.29) is 6.54 Å². The summed E-state index contributed by atoms with van der Waals surface area (Å²) < 4.78 is 5.17. The number of aliphatic imine (C=N–C) groups is 1. The number of hydrogen-bond acceptors (Lipinski definition) is 6. The van der Waals surface area contributed by atoms with Gasteiger partial charge in [-0.15, -0.1) is 11.8 Å². The number of hydrogen-bond donors (Lipinski definition) is 2. The number of rotatable bonds is 4. The Balaban J connectivity index is 2.05. The zero-order valence-corrected chi connectivity index (χ0v) is 14.9. The van der Waals surface area contributed by atoms with Gasteiger partial charge in [-0.25, -0.2) is 9.59 Å². The SMILES string of the molecule is CC(C)(C)OC(=O)NCc1cc(C2=NC(C)(C(=O)O)CS2)ccn1. The van der Waals surface area contributed by atoms with Crippen molar-refractivity contribution in [3.63, 3.8) is 0 Å². The number of thioether (sulfide) groups is 1. The molecule has 0 saturated heterocycles. The Hall–Kier alpha value is -2.09. The van der Waals surface area contributed by atoms with E-state index in [1.807, 2.05) is 0 Å². The molecule has 0 fully saturated rings. The number of amides is 1. The van der Waals surface area contributed by atoms with Gasteiger partial charge in [-0.3, -0.25) is 9.98 Å². The predicted octanol–water partition coefficient (Wildman–Crippen LogP) is 2.44. The molecule has 2 heterocycles. The molecule has 24 heavy (non-hydrogen) atoms. The minimum absolute atomic E-state index is 0.219. The third-order valence-corrected chi connectivity index (χ3v) is 4.48. The minimum Gasteiger partial charge on any atom is -0.479 e. The highest BCUT2D eigenvalue weighted by atomic mass is 32.2. The standard InChI is InChI=1S/C16H21N3O4S/c1-15(2,3)23-14(22)18-8-11-7-10(5-6-17-11)12-19-16(4,9-24-12)13(20)21/h5-7H,8-9H2,1-4H3,(H,18,22)(H,20,21). The van der Waals surface area contributed by atoms with Crippen molar-refractivity contribution in [2.75, 3.05) is 5.75 Å². The molecule has 7 nitrogen and oxygen atoms in total. The van der Waals surface area contributed by atoms with Crippen LogP contribution in [-0.4, -0.2) is 44.1 Å². The Morgan fingerprint density at radius 2 is 2.17 bits per heavy atom. The van der Waals surface area contributed by atoms with Crippen LogP contribution in [0.15, 0.2) is 23.3 Å². The van der Waals surface area contributed by atoms with Crippen molar-refractivity contribution in [3.05, 3.63) is 29.6 Å². The number of nitrogens with one attached hydrogen (secondary N) is 1. The first-order valence-corrected chi connectivity index (χ1v) is 8.46. The van der Waals surface area contributed by atoms with E-state index in [0.717, 1.165) is 5.56 Å². The van der Waals surface area contributed by atoms with E-state index < -0.39 is 23.2 Å². The van der Waals surface area contributed by atoms with Crippen LogP contribution in [0.4, 0.5) is 4.79 Å². The van der Waals surface area contributed by atoms with Crippen molar-refractivity contribution in [2.24, 2.45) is 4.99 Å². The molecule has 1 aromatic heterocycles. The van der Waals surface area contributed by atoms with Crippen molar-refractivity contribution < 1.29 is 19.4 Å². The van der Waals surface area contributed by atoms with Gasteiger partial charge in [0.2, 0.25) is 0 Å². The third kappa shape index (κ3) is 4.70. The number of carbonyl (C=O) groups is 2. The summed E-state index contributed by atoms with van der Waals surface area (Å²) in [6.07, 6.45) is 1.10. The van der Waals surface area contributed by atoms with Crippen molar-refractivity contribution in [2.45, 2.75) is 45.4 Å². The quantitative estimate of drug-likeness (QED) is 0.864. The molecule has 0 aliphatic carbocycles. The monoisotopic (exact) mass is 351 g/mol. The summed E-state index contributed by atoms with van der Waals surface area (Å²) in [5, 5.41) is 12.5. The normalized spacial score (nSPS) is 20.4. The minimum atomic E-state index is -1.10. The van der Waals surface area contributed by atoms with Crippen LogP contribution in [0.25, 0.3) is 0 Å². The molecule has 130 valence electrons. The molecule has 1 unspecified atom stereocenters. The highest BCUT2D eigenvalue weighted by Gasteiger charge is 2.38. The smallest absolute Gasteiger partial charge is 0.407 e. The van der Waals surface area contributed by atoms with Crippen LogP contribution >= 0.6 is 11.8 Å². The molecule has 0 radical (unpaired) electrons. The van der Waals surface area contributed by atoms with E-state index in [1.54, 1.807) is 46.0 Å². The van der Waals surface area contributed by atoms with Gasteiger partial charge in [-0.1, -0.05) is 0 Å². The molecule has 8 heteroatoms. The first-order chi connectivity index (χ1) is 11.1. The number of pyridine rings is 1. The molecule has 0 saturated carbocycles. The molecule has 1 atom stereocenters. The van der Waals surface area contributed by atoms with Crippen molar-refractivity contribution in [3.8, 4) is 0 Å². The molecular formula is C16H21N3O4S. The van der Waals surface area contributed by atoms with Gasteiger partial charge in [0, 0.05) is 17.5 Å². The van der Waals surface area contributed by atoms with Crippen LogP contribution in [0.2, 0.25) is 0 Å². The van der Waals surface area contributed by atoms with Crippen LogP contribution in [0, 0.1) is 0 Å². The predicted molar refractivity (Wildman–Crippen MR) is 92.3 cm³/mol. The number of aliphatic carboxylic acids is 1. The van der Waals surface area contributed by atoms with Gasteiger partial charge in [-0.2, -0.15) is 0 Å². The van der Waals surface area contributed by atoms with Crippen LogP contribution in [0.5, 0.6) is 0 Å². The Labute approximate surface area is 144 Å². The molecule has 0 spiro atoms. The molecule has 1 amide bonds. The fraction of sp³-hybridized carbons (Fsp3) is 0.500. The van der Waals surface area contributed by atoms with Gasteiger partial charge in [0.15, 0.2) is 5.54 Å². The number of ether oxygens (including phenoxy) is 1. The summed E-state index contributed by atoms with van der Waals surface area (Å²) in [7, 11) is 0. The lowest BCUT2D eigenvalue weighted by atomic mass is 10.1. The summed E-state index contributed by atoms with van der Waals surface area (Å²) in [4.78, 5) is 31.5. The fourth-order valence-corrected chi connectivity index (χ4v) is 3.11. The molecule has 2 rings (SSSR count). The van der Waals surface area contributed by atoms with Gasteiger partial charge in [-0.05, 0) is 39.8 Å². The van der Waals surface area contributed by atoms with E-state index >= 15 is 0 Å². The van der Waals surface area contributed by atoms with E-state index in [2.05, 4.69) is 15.3 Å². The maximum atomic E-state index is 11.7. The van der Waals surface area contributed by atoms with Gasteiger partial charge in [0.25, 0.3) is 0 Å². The Morgan fingerprint density at radius 1 is 1.46 bits per heavy atom. The summed E-state index contributed by atoms with van der Waals surface area (Å²) in [5.74, 6) is -0.545. The van der Waals surface area contributed by atoms with Crippen molar-refractivity contribution in [1.82, 2.24) is 10.3 Å². The van der Waals surface area contributed by atoms with E-state index in [9.17, 15) is 14.7 Å². The highest BCUT2D eigenvalue weighted by Crippen LogP contribution is 2.31. The lowest BCUT2D eigenvalue weighted by molar-refractivity contribution is -0.141. The van der Waals surface area contributed by atoms with Gasteiger partial charge < -0.3 is 15.2 Å². The summed E-state index contributed by atoms with van der Waals surface area (Å²) in [5.41, 5.74) is -0.222. The van der Waals surface area contributed by atoms with Gasteiger partial charge in [0.1, 0.15) is 5.60 Å². The molecule has 1 aliphatic rings.